The summed E-state index contributed by atoms with van der Waals surface area (Å²) in [6, 6.07) is 5.06. The highest BCUT2D eigenvalue weighted by Gasteiger charge is 2.29. The van der Waals surface area contributed by atoms with Crippen LogP contribution >= 0.6 is 11.6 Å². The molecule has 0 radical (unpaired) electrons. The first kappa shape index (κ1) is 21.0. The van der Waals surface area contributed by atoms with Crippen LogP contribution in [-0.2, 0) is 4.79 Å². The molecule has 160 valence electrons. The number of aromatic hydroxyl groups is 1. The quantitative estimate of drug-likeness (QED) is 0.614. The van der Waals surface area contributed by atoms with Crippen molar-refractivity contribution in [3.8, 4) is 16.9 Å². The first-order valence-electron chi connectivity index (χ1n) is 9.62. The highest BCUT2D eigenvalue weighted by atomic mass is 35.5. The number of carbonyl (C=O) groups excluding carboxylic acids is 1. The van der Waals surface area contributed by atoms with E-state index in [1.807, 2.05) is 11.8 Å². The molecule has 1 aliphatic rings. The van der Waals surface area contributed by atoms with Crippen molar-refractivity contribution < 1.29 is 18.7 Å². The smallest absolute Gasteiger partial charge is 0.246 e. The maximum absolute atomic E-state index is 15.5. The predicted octanol–water partition coefficient (Wildman–Crippen LogP) is 4.16. The summed E-state index contributed by atoms with van der Waals surface area (Å²) in [4.78, 5) is 24.0. The Morgan fingerprint density at radius 1 is 1.29 bits per heavy atom. The lowest BCUT2D eigenvalue weighted by molar-refractivity contribution is -0.128. The molecule has 1 atom stereocenters. The minimum absolute atomic E-state index is 0.0377. The number of carbonyl (C=O) groups is 1. The summed E-state index contributed by atoms with van der Waals surface area (Å²) < 4.78 is 29.9. The summed E-state index contributed by atoms with van der Waals surface area (Å²) in [5.41, 5.74) is -0.620. The molecular formula is C22H19ClF2N4O2. The molecule has 4 rings (SSSR count). The fourth-order valence-electron chi connectivity index (χ4n) is 3.95. The number of piperazine rings is 1. The van der Waals surface area contributed by atoms with Crippen molar-refractivity contribution in [3.63, 3.8) is 0 Å². The lowest BCUT2D eigenvalue weighted by Crippen LogP contribution is -2.54. The van der Waals surface area contributed by atoms with Crippen molar-refractivity contribution in [2.75, 3.05) is 24.5 Å². The Morgan fingerprint density at radius 2 is 2.06 bits per heavy atom. The Labute approximate surface area is 182 Å². The third kappa shape index (κ3) is 3.57. The molecule has 0 spiro atoms. The van der Waals surface area contributed by atoms with E-state index < -0.39 is 17.4 Å². The zero-order valence-electron chi connectivity index (χ0n) is 16.6. The summed E-state index contributed by atoms with van der Waals surface area (Å²) in [6.07, 6.45) is 2.51. The van der Waals surface area contributed by atoms with Crippen LogP contribution in [0, 0.1) is 11.6 Å². The molecule has 1 aromatic heterocycles. The van der Waals surface area contributed by atoms with Crippen LogP contribution in [0.15, 0.2) is 43.2 Å². The normalized spacial score (nSPS) is 16.6. The molecule has 0 bridgehead atoms. The third-order valence-corrected chi connectivity index (χ3v) is 5.72. The highest BCUT2D eigenvalue weighted by Crippen LogP contribution is 2.42. The van der Waals surface area contributed by atoms with Crippen LogP contribution in [0.1, 0.15) is 6.92 Å². The number of benzene rings is 2. The molecule has 1 aliphatic heterocycles. The van der Waals surface area contributed by atoms with Gasteiger partial charge >= 0.3 is 0 Å². The van der Waals surface area contributed by atoms with Crippen LogP contribution < -0.4 is 4.90 Å². The number of phenolic OH excluding ortho intramolecular Hbond substituents is 1. The minimum atomic E-state index is -0.847. The standard InChI is InChI=1S/C22H19ClF2N4O2/c1-3-17(31)29-8-7-28(10-12(29)2)22-13-9-14(23)18(20(25)21(13)26-11-27-22)19-15(24)5-4-6-16(19)30/h3-6,9,11-12,30H,1,7-8,10H2,2H3/t12-/m1/s1. The van der Waals surface area contributed by atoms with E-state index in [9.17, 15) is 14.3 Å². The lowest BCUT2D eigenvalue weighted by Gasteiger charge is -2.40. The SMILES string of the molecule is C=CC(=O)N1CCN(c2ncnc3c(F)c(-c4c(O)cccc4F)c(Cl)cc23)C[C@H]1C. The number of aromatic nitrogens is 2. The Hall–Kier alpha value is -3.26. The number of halogens is 3. The zero-order chi connectivity index (χ0) is 22.3. The molecule has 2 aromatic carbocycles. The van der Waals surface area contributed by atoms with Crippen LogP contribution in [-0.4, -0.2) is 51.6 Å². The number of anilines is 1. The fourth-order valence-corrected chi connectivity index (χ4v) is 4.24. The Bertz CT molecular complexity index is 1180. The molecule has 0 unspecified atom stereocenters. The van der Waals surface area contributed by atoms with Gasteiger partial charge in [0.05, 0.1) is 10.6 Å². The van der Waals surface area contributed by atoms with Crippen LogP contribution in [0.5, 0.6) is 5.75 Å². The first-order valence-corrected chi connectivity index (χ1v) is 9.99. The number of hydrogen-bond acceptors (Lipinski definition) is 5. The summed E-state index contributed by atoms with van der Waals surface area (Å²) in [5.74, 6) is -1.76. The maximum Gasteiger partial charge on any atom is 0.246 e. The van der Waals surface area contributed by atoms with Gasteiger partial charge in [-0.1, -0.05) is 24.2 Å². The topological polar surface area (TPSA) is 69.6 Å². The van der Waals surface area contributed by atoms with Gasteiger partial charge in [-0.15, -0.1) is 0 Å². The molecule has 2 heterocycles. The van der Waals surface area contributed by atoms with Gasteiger partial charge in [-0.3, -0.25) is 4.79 Å². The average molecular weight is 445 g/mol. The zero-order valence-corrected chi connectivity index (χ0v) is 17.4. The monoisotopic (exact) mass is 444 g/mol. The number of amides is 1. The van der Waals surface area contributed by atoms with Crippen LogP contribution in [0.25, 0.3) is 22.0 Å². The van der Waals surface area contributed by atoms with Gasteiger partial charge < -0.3 is 14.9 Å². The van der Waals surface area contributed by atoms with Gasteiger partial charge in [0, 0.05) is 36.6 Å². The summed E-state index contributed by atoms with van der Waals surface area (Å²) >= 11 is 6.35. The van der Waals surface area contributed by atoms with Crippen LogP contribution in [0.2, 0.25) is 5.02 Å². The second kappa shape index (κ2) is 8.11. The Kier molecular flexibility index (Phi) is 5.49. The molecule has 9 heteroatoms. The maximum atomic E-state index is 15.5. The number of phenols is 1. The van der Waals surface area contributed by atoms with E-state index in [1.54, 1.807) is 4.90 Å². The van der Waals surface area contributed by atoms with Crippen molar-refractivity contribution in [2.45, 2.75) is 13.0 Å². The van der Waals surface area contributed by atoms with E-state index in [-0.39, 0.29) is 33.6 Å². The van der Waals surface area contributed by atoms with Crippen molar-refractivity contribution in [1.82, 2.24) is 14.9 Å². The van der Waals surface area contributed by atoms with E-state index in [2.05, 4.69) is 16.5 Å². The van der Waals surface area contributed by atoms with E-state index in [0.717, 1.165) is 6.07 Å². The fraction of sp³-hybridized carbons (Fsp3) is 0.227. The second-order valence-electron chi connectivity index (χ2n) is 7.31. The van der Waals surface area contributed by atoms with Crippen molar-refractivity contribution in [3.05, 3.63) is 59.9 Å². The summed E-state index contributed by atoms with van der Waals surface area (Å²) in [7, 11) is 0. The average Bonchev–Trinajstić information content (AvgIpc) is 2.74. The number of fused-ring (bicyclic) bond motifs is 1. The van der Waals surface area contributed by atoms with Crippen molar-refractivity contribution in [2.24, 2.45) is 0 Å². The van der Waals surface area contributed by atoms with Crippen molar-refractivity contribution >= 4 is 34.2 Å². The molecule has 6 nitrogen and oxygen atoms in total. The van der Waals surface area contributed by atoms with Crippen molar-refractivity contribution in [1.29, 1.82) is 0 Å². The van der Waals surface area contributed by atoms with Gasteiger partial charge in [0.15, 0.2) is 5.82 Å². The predicted molar refractivity (Wildman–Crippen MR) is 115 cm³/mol. The molecule has 0 saturated carbocycles. The molecule has 3 aromatic rings. The summed E-state index contributed by atoms with van der Waals surface area (Å²) in [6.45, 7) is 6.84. The van der Waals surface area contributed by atoms with Gasteiger partial charge in [0.1, 0.15) is 29.2 Å². The molecule has 0 aliphatic carbocycles. The lowest BCUT2D eigenvalue weighted by atomic mass is 10.0. The van der Waals surface area contributed by atoms with Crippen LogP contribution in [0.4, 0.5) is 14.6 Å². The number of hydrogen-bond donors (Lipinski definition) is 1. The molecular weight excluding hydrogens is 426 g/mol. The Morgan fingerprint density at radius 3 is 2.74 bits per heavy atom. The van der Waals surface area contributed by atoms with E-state index >= 15 is 4.39 Å². The molecule has 1 fully saturated rings. The number of nitrogens with zero attached hydrogens (tertiary/aromatic N) is 4. The molecule has 1 N–H and O–H groups in total. The molecule has 31 heavy (non-hydrogen) atoms. The van der Waals surface area contributed by atoms with Gasteiger partial charge in [-0.2, -0.15) is 0 Å². The van der Waals surface area contributed by atoms with E-state index in [0.29, 0.717) is 30.8 Å². The van der Waals surface area contributed by atoms with Crippen LogP contribution in [0.3, 0.4) is 0 Å². The minimum Gasteiger partial charge on any atom is -0.507 e. The van der Waals surface area contributed by atoms with E-state index in [1.165, 1.54) is 30.6 Å². The highest BCUT2D eigenvalue weighted by molar-refractivity contribution is 6.34. The number of rotatable bonds is 3. The first-order chi connectivity index (χ1) is 14.8. The largest absolute Gasteiger partial charge is 0.507 e. The molecule has 1 amide bonds. The van der Waals surface area contributed by atoms with Gasteiger partial charge in [0.25, 0.3) is 0 Å². The van der Waals surface area contributed by atoms with Gasteiger partial charge in [0.2, 0.25) is 5.91 Å². The Balaban J connectivity index is 1.81. The third-order valence-electron chi connectivity index (χ3n) is 5.43. The molecule has 1 saturated heterocycles. The second-order valence-corrected chi connectivity index (χ2v) is 7.71. The summed E-state index contributed by atoms with van der Waals surface area (Å²) in [5, 5.41) is 10.4. The van der Waals surface area contributed by atoms with E-state index in [4.69, 9.17) is 11.6 Å². The van der Waals surface area contributed by atoms with Gasteiger partial charge in [-0.05, 0) is 31.2 Å². The van der Waals surface area contributed by atoms with Gasteiger partial charge in [-0.25, -0.2) is 18.7 Å².